The predicted octanol–water partition coefficient (Wildman–Crippen LogP) is 0.337. The van der Waals surface area contributed by atoms with Gasteiger partial charge >= 0.3 is 0 Å². The second-order valence-corrected chi connectivity index (χ2v) is 3.59. The van der Waals surface area contributed by atoms with Crippen LogP contribution >= 0.6 is 0 Å². The Kier molecular flexibility index (Phi) is 2.45. The van der Waals surface area contributed by atoms with Crippen molar-refractivity contribution in [3.05, 3.63) is 30.6 Å². The maximum Gasteiger partial charge on any atom is 0.224 e. The Labute approximate surface area is 102 Å². The summed E-state index contributed by atoms with van der Waals surface area (Å²) >= 11 is 0. The van der Waals surface area contributed by atoms with Gasteiger partial charge in [0.2, 0.25) is 5.95 Å². The van der Waals surface area contributed by atoms with Crippen molar-refractivity contribution in [2.24, 2.45) is 0 Å². The summed E-state index contributed by atoms with van der Waals surface area (Å²) in [7, 11) is 0. The van der Waals surface area contributed by atoms with Crippen LogP contribution < -0.4 is 11.1 Å². The first-order valence-corrected chi connectivity index (χ1v) is 5.28. The minimum Gasteiger partial charge on any atom is -0.368 e. The molecule has 3 heterocycles. The predicted molar refractivity (Wildman–Crippen MR) is 65.5 cm³/mol. The third-order valence-electron chi connectivity index (χ3n) is 2.38. The summed E-state index contributed by atoms with van der Waals surface area (Å²) in [6.45, 7) is 0.521. The van der Waals surface area contributed by atoms with Crippen LogP contribution in [0, 0.1) is 0 Å². The van der Waals surface area contributed by atoms with Gasteiger partial charge in [-0.05, 0) is 6.07 Å². The van der Waals surface area contributed by atoms with Gasteiger partial charge in [-0.25, -0.2) is 15.0 Å². The Morgan fingerprint density at radius 2 is 2.22 bits per heavy atom. The van der Waals surface area contributed by atoms with Crippen molar-refractivity contribution in [2.45, 2.75) is 6.54 Å². The van der Waals surface area contributed by atoms with Gasteiger partial charge in [-0.3, -0.25) is 0 Å². The van der Waals surface area contributed by atoms with Crippen LogP contribution in [0.2, 0.25) is 0 Å². The molecule has 0 atom stereocenters. The van der Waals surface area contributed by atoms with E-state index < -0.39 is 0 Å². The van der Waals surface area contributed by atoms with Gasteiger partial charge in [0.05, 0.1) is 18.6 Å². The van der Waals surface area contributed by atoms with Crippen molar-refractivity contribution in [1.29, 1.82) is 0 Å². The highest BCUT2D eigenvalue weighted by Crippen LogP contribution is 2.17. The summed E-state index contributed by atoms with van der Waals surface area (Å²) in [5.74, 6) is 0.786. The maximum atomic E-state index is 5.61. The highest BCUT2D eigenvalue weighted by molar-refractivity contribution is 5.83. The molecule has 8 heteroatoms. The van der Waals surface area contributed by atoms with Crippen LogP contribution in [0.1, 0.15) is 5.69 Å². The molecule has 18 heavy (non-hydrogen) atoms. The van der Waals surface area contributed by atoms with Crippen LogP contribution in [-0.4, -0.2) is 29.9 Å². The Hall–Kier alpha value is -2.77. The lowest BCUT2D eigenvalue weighted by Gasteiger charge is -2.05. The highest BCUT2D eigenvalue weighted by Gasteiger charge is 2.07. The zero-order chi connectivity index (χ0) is 12.4. The zero-order valence-electron chi connectivity index (χ0n) is 9.33. The van der Waals surface area contributed by atoms with Crippen LogP contribution in [0.25, 0.3) is 11.2 Å². The van der Waals surface area contributed by atoms with Crippen LogP contribution in [0.5, 0.6) is 0 Å². The van der Waals surface area contributed by atoms with Crippen molar-refractivity contribution in [1.82, 2.24) is 29.9 Å². The zero-order valence-corrected chi connectivity index (χ0v) is 9.33. The van der Waals surface area contributed by atoms with Gasteiger partial charge in [-0.15, -0.1) is 0 Å². The van der Waals surface area contributed by atoms with Gasteiger partial charge in [0.25, 0.3) is 0 Å². The van der Waals surface area contributed by atoms with E-state index in [1.165, 1.54) is 6.33 Å². The fraction of sp³-hybridized carbons (Fsp3) is 0.100. The van der Waals surface area contributed by atoms with Crippen LogP contribution in [-0.2, 0) is 6.54 Å². The number of fused-ring (bicyclic) bond motifs is 1. The van der Waals surface area contributed by atoms with Gasteiger partial charge in [0.1, 0.15) is 11.8 Å². The Bertz CT molecular complexity index is 662. The molecule has 8 nitrogen and oxygen atoms in total. The van der Waals surface area contributed by atoms with E-state index in [1.54, 1.807) is 12.5 Å². The quantitative estimate of drug-likeness (QED) is 0.605. The molecule has 3 rings (SSSR count). The first-order chi connectivity index (χ1) is 8.83. The summed E-state index contributed by atoms with van der Waals surface area (Å²) < 4.78 is 0. The summed E-state index contributed by atoms with van der Waals surface area (Å²) in [6.07, 6.45) is 4.73. The van der Waals surface area contributed by atoms with Gasteiger partial charge < -0.3 is 16.0 Å². The van der Waals surface area contributed by atoms with Crippen molar-refractivity contribution < 1.29 is 0 Å². The van der Waals surface area contributed by atoms with E-state index in [0.29, 0.717) is 18.0 Å². The fourth-order valence-corrected chi connectivity index (χ4v) is 1.57. The minimum absolute atomic E-state index is 0.180. The molecule has 0 aliphatic rings. The van der Waals surface area contributed by atoms with Crippen LogP contribution in [0.4, 0.5) is 11.8 Å². The van der Waals surface area contributed by atoms with Gasteiger partial charge in [-0.2, -0.15) is 9.97 Å². The van der Waals surface area contributed by atoms with E-state index in [1.807, 2.05) is 6.07 Å². The number of imidazole rings is 1. The summed E-state index contributed by atoms with van der Waals surface area (Å²) in [5, 5.41) is 3.14. The molecule has 0 amide bonds. The number of hydrogen-bond donors (Lipinski definition) is 3. The maximum absolute atomic E-state index is 5.61. The van der Waals surface area contributed by atoms with Crippen LogP contribution in [0.3, 0.4) is 0 Å². The van der Waals surface area contributed by atoms with Crippen molar-refractivity contribution in [3.63, 3.8) is 0 Å². The second-order valence-electron chi connectivity index (χ2n) is 3.59. The number of aromatic nitrogens is 6. The van der Waals surface area contributed by atoms with Crippen molar-refractivity contribution in [3.8, 4) is 0 Å². The topological polar surface area (TPSA) is 118 Å². The Morgan fingerprint density at radius 3 is 3.06 bits per heavy atom. The molecule has 0 saturated carbocycles. The molecular formula is C10H10N8. The van der Waals surface area contributed by atoms with E-state index in [-0.39, 0.29) is 5.95 Å². The molecule has 90 valence electrons. The lowest BCUT2D eigenvalue weighted by Crippen LogP contribution is -2.06. The van der Waals surface area contributed by atoms with Gasteiger partial charge in [0.15, 0.2) is 11.5 Å². The summed E-state index contributed by atoms with van der Waals surface area (Å²) in [4.78, 5) is 23.1. The highest BCUT2D eigenvalue weighted by atomic mass is 15.1. The van der Waals surface area contributed by atoms with E-state index in [4.69, 9.17) is 5.73 Å². The second kappa shape index (κ2) is 4.24. The Morgan fingerprint density at radius 1 is 1.28 bits per heavy atom. The number of nitrogens with two attached hydrogens (primary N) is 1. The summed E-state index contributed by atoms with van der Waals surface area (Å²) in [6, 6.07) is 1.82. The largest absolute Gasteiger partial charge is 0.368 e. The van der Waals surface area contributed by atoms with E-state index in [2.05, 4.69) is 35.2 Å². The number of hydrogen-bond acceptors (Lipinski definition) is 7. The molecule has 0 aliphatic heterocycles. The first kappa shape index (κ1) is 10.4. The molecule has 0 aromatic carbocycles. The van der Waals surface area contributed by atoms with Gasteiger partial charge in [0, 0.05) is 6.20 Å². The number of nitrogen functional groups attached to an aromatic ring is 1. The Balaban J connectivity index is 1.88. The molecule has 4 N–H and O–H groups in total. The normalized spacial score (nSPS) is 10.7. The lowest BCUT2D eigenvalue weighted by atomic mass is 10.4. The monoisotopic (exact) mass is 242 g/mol. The molecule has 0 unspecified atom stereocenters. The average Bonchev–Trinajstić information content (AvgIpc) is 2.85. The number of nitrogens with one attached hydrogen (secondary N) is 2. The number of anilines is 2. The minimum atomic E-state index is 0.180. The average molecular weight is 242 g/mol. The van der Waals surface area contributed by atoms with Crippen molar-refractivity contribution in [2.75, 3.05) is 11.1 Å². The smallest absolute Gasteiger partial charge is 0.224 e. The van der Waals surface area contributed by atoms with E-state index in [0.717, 1.165) is 11.2 Å². The summed E-state index contributed by atoms with van der Waals surface area (Å²) in [5.41, 5.74) is 7.72. The number of nitrogens with zero attached hydrogens (tertiary/aromatic N) is 5. The molecule has 0 saturated heterocycles. The molecule has 3 aromatic heterocycles. The van der Waals surface area contributed by atoms with E-state index in [9.17, 15) is 0 Å². The standard InChI is InChI=1S/C10H10N8/c11-10-17-8(7-9(18-10)16-5-15-7)13-3-6-1-2-12-4-14-6/h1-2,4-5H,3H2,(H4,11,13,15,16,17,18). The third kappa shape index (κ3) is 1.90. The molecule has 0 fully saturated rings. The first-order valence-electron chi connectivity index (χ1n) is 5.28. The molecule has 0 spiro atoms. The van der Waals surface area contributed by atoms with Crippen molar-refractivity contribution >= 4 is 22.9 Å². The SMILES string of the molecule is Nc1nc(NCc2ccncn2)c2[nH]cnc2n1. The number of aromatic amines is 1. The molecule has 0 radical (unpaired) electrons. The molecule has 0 aliphatic carbocycles. The fourth-order valence-electron chi connectivity index (χ4n) is 1.57. The molecular weight excluding hydrogens is 232 g/mol. The number of rotatable bonds is 3. The van der Waals surface area contributed by atoms with Gasteiger partial charge in [-0.1, -0.05) is 0 Å². The third-order valence-corrected chi connectivity index (χ3v) is 2.38. The lowest BCUT2D eigenvalue weighted by molar-refractivity contribution is 0.996. The number of H-pyrrole nitrogens is 1. The van der Waals surface area contributed by atoms with Crippen LogP contribution in [0.15, 0.2) is 24.9 Å². The molecule has 0 bridgehead atoms. The molecule has 3 aromatic rings. The van der Waals surface area contributed by atoms with E-state index >= 15 is 0 Å².